The Kier molecular flexibility index (Phi) is 3.72. The van der Waals surface area contributed by atoms with E-state index in [9.17, 15) is 9.50 Å². The van der Waals surface area contributed by atoms with Gasteiger partial charge in [0.15, 0.2) is 0 Å². The molecule has 0 spiro atoms. The van der Waals surface area contributed by atoms with Gasteiger partial charge in [-0.3, -0.25) is 0 Å². The molecule has 0 aromatic heterocycles. The first kappa shape index (κ1) is 11.3. The summed E-state index contributed by atoms with van der Waals surface area (Å²) in [7, 11) is 0. The first-order valence-electron chi connectivity index (χ1n) is 4.36. The van der Waals surface area contributed by atoms with E-state index in [0.717, 1.165) is 0 Å². The maximum atomic E-state index is 13.3. The number of rotatable bonds is 3. The van der Waals surface area contributed by atoms with Crippen molar-refractivity contribution in [2.24, 2.45) is 0 Å². The largest absolute Gasteiger partial charge is 0.492 e. The zero-order chi connectivity index (χ0) is 10.7. The molecule has 1 rings (SSSR count). The molecule has 0 aliphatic heterocycles. The number of benzene rings is 1. The SMILES string of the molecule is CCOc1cc(F)c(C(C)O)cc1Cl. The van der Waals surface area contributed by atoms with Crippen molar-refractivity contribution in [3.8, 4) is 5.75 Å². The summed E-state index contributed by atoms with van der Waals surface area (Å²) in [4.78, 5) is 0. The van der Waals surface area contributed by atoms with Gasteiger partial charge in [0.25, 0.3) is 0 Å². The summed E-state index contributed by atoms with van der Waals surface area (Å²) < 4.78 is 18.4. The fraction of sp³-hybridized carbons (Fsp3) is 0.400. The van der Waals surface area contributed by atoms with E-state index in [0.29, 0.717) is 17.4 Å². The van der Waals surface area contributed by atoms with Gasteiger partial charge in [0.2, 0.25) is 0 Å². The van der Waals surface area contributed by atoms with E-state index in [2.05, 4.69) is 0 Å². The molecule has 0 aliphatic carbocycles. The fourth-order valence-corrected chi connectivity index (χ4v) is 1.36. The Morgan fingerprint density at radius 3 is 2.71 bits per heavy atom. The molecule has 0 saturated carbocycles. The highest BCUT2D eigenvalue weighted by atomic mass is 35.5. The van der Waals surface area contributed by atoms with Gasteiger partial charge in [-0.1, -0.05) is 11.6 Å². The molecule has 1 aromatic carbocycles. The van der Waals surface area contributed by atoms with Crippen LogP contribution in [-0.4, -0.2) is 11.7 Å². The van der Waals surface area contributed by atoms with Crippen LogP contribution >= 0.6 is 11.6 Å². The average Bonchev–Trinajstić information content (AvgIpc) is 2.10. The van der Waals surface area contributed by atoms with Crippen molar-refractivity contribution in [3.63, 3.8) is 0 Å². The minimum Gasteiger partial charge on any atom is -0.492 e. The van der Waals surface area contributed by atoms with Gasteiger partial charge in [-0.15, -0.1) is 0 Å². The molecule has 78 valence electrons. The zero-order valence-corrected chi connectivity index (χ0v) is 8.81. The first-order chi connectivity index (χ1) is 6.56. The van der Waals surface area contributed by atoms with Crippen LogP contribution in [-0.2, 0) is 0 Å². The summed E-state index contributed by atoms with van der Waals surface area (Å²) >= 11 is 5.82. The van der Waals surface area contributed by atoms with E-state index in [-0.39, 0.29) is 5.56 Å². The second-order valence-electron chi connectivity index (χ2n) is 2.91. The van der Waals surface area contributed by atoms with Crippen molar-refractivity contribution in [2.75, 3.05) is 6.61 Å². The molecule has 0 amide bonds. The molecule has 0 fully saturated rings. The number of aliphatic hydroxyl groups is 1. The van der Waals surface area contributed by atoms with Crippen LogP contribution in [0.1, 0.15) is 25.5 Å². The van der Waals surface area contributed by atoms with Gasteiger partial charge < -0.3 is 9.84 Å². The van der Waals surface area contributed by atoms with Gasteiger partial charge in [-0.05, 0) is 19.9 Å². The molecule has 0 heterocycles. The predicted octanol–water partition coefficient (Wildman–Crippen LogP) is 2.93. The summed E-state index contributed by atoms with van der Waals surface area (Å²) in [6.07, 6.45) is -0.872. The molecule has 1 N–H and O–H groups in total. The lowest BCUT2D eigenvalue weighted by Gasteiger charge is -2.10. The lowest BCUT2D eigenvalue weighted by atomic mass is 10.1. The molecule has 1 aromatic rings. The average molecular weight is 219 g/mol. The molecule has 1 unspecified atom stereocenters. The summed E-state index contributed by atoms with van der Waals surface area (Å²) in [5.74, 6) is -0.205. The molecule has 0 radical (unpaired) electrons. The first-order valence-corrected chi connectivity index (χ1v) is 4.73. The van der Waals surface area contributed by atoms with Crippen molar-refractivity contribution in [2.45, 2.75) is 20.0 Å². The minimum atomic E-state index is -0.872. The van der Waals surface area contributed by atoms with Crippen LogP contribution < -0.4 is 4.74 Å². The van der Waals surface area contributed by atoms with Crippen LogP contribution in [0.2, 0.25) is 5.02 Å². The summed E-state index contributed by atoms with van der Waals surface area (Å²) in [6, 6.07) is 2.57. The van der Waals surface area contributed by atoms with Crippen molar-refractivity contribution < 1.29 is 14.2 Å². The lowest BCUT2D eigenvalue weighted by Crippen LogP contribution is -1.99. The number of ether oxygens (including phenoxy) is 1. The van der Waals surface area contributed by atoms with Crippen LogP contribution in [0.3, 0.4) is 0 Å². The molecule has 0 saturated heterocycles. The molecular formula is C10H12ClFO2. The topological polar surface area (TPSA) is 29.5 Å². The molecule has 14 heavy (non-hydrogen) atoms. The lowest BCUT2D eigenvalue weighted by molar-refractivity contribution is 0.194. The highest BCUT2D eigenvalue weighted by molar-refractivity contribution is 6.32. The predicted molar refractivity (Wildman–Crippen MR) is 53.2 cm³/mol. The van der Waals surface area contributed by atoms with Gasteiger partial charge in [0.05, 0.1) is 17.7 Å². The van der Waals surface area contributed by atoms with Gasteiger partial charge >= 0.3 is 0 Å². The molecule has 0 bridgehead atoms. The molecule has 1 atom stereocenters. The van der Waals surface area contributed by atoms with E-state index in [1.165, 1.54) is 19.1 Å². The smallest absolute Gasteiger partial charge is 0.140 e. The van der Waals surface area contributed by atoms with Crippen molar-refractivity contribution in [1.82, 2.24) is 0 Å². The highest BCUT2D eigenvalue weighted by Crippen LogP contribution is 2.30. The highest BCUT2D eigenvalue weighted by Gasteiger charge is 2.12. The molecular weight excluding hydrogens is 207 g/mol. The van der Waals surface area contributed by atoms with Crippen molar-refractivity contribution in [3.05, 3.63) is 28.5 Å². The van der Waals surface area contributed by atoms with Crippen LogP contribution in [0, 0.1) is 5.82 Å². The second kappa shape index (κ2) is 4.62. The maximum absolute atomic E-state index is 13.3. The van der Waals surface area contributed by atoms with E-state index in [1.807, 2.05) is 0 Å². The van der Waals surface area contributed by atoms with Gasteiger partial charge in [0, 0.05) is 11.6 Å². The standard InChI is InChI=1S/C10H12ClFO2/c1-3-14-10-5-9(12)7(6(2)13)4-8(10)11/h4-6,13H,3H2,1-2H3. The minimum absolute atomic E-state index is 0.179. The van der Waals surface area contributed by atoms with Gasteiger partial charge in [-0.2, -0.15) is 0 Å². The van der Waals surface area contributed by atoms with Gasteiger partial charge in [-0.25, -0.2) is 4.39 Å². The third-order valence-corrected chi connectivity index (χ3v) is 2.10. The summed E-state index contributed by atoms with van der Waals surface area (Å²) in [5, 5.41) is 9.52. The third kappa shape index (κ3) is 2.36. The Balaban J connectivity index is 3.10. The Hall–Kier alpha value is -0.800. The summed E-state index contributed by atoms with van der Waals surface area (Å²) in [6.45, 7) is 3.69. The number of hydrogen-bond donors (Lipinski definition) is 1. The normalized spacial score (nSPS) is 12.6. The quantitative estimate of drug-likeness (QED) is 0.845. The monoisotopic (exact) mass is 218 g/mol. The van der Waals surface area contributed by atoms with E-state index >= 15 is 0 Å². The second-order valence-corrected chi connectivity index (χ2v) is 3.32. The molecule has 0 aliphatic rings. The Morgan fingerprint density at radius 1 is 1.57 bits per heavy atom. The Morgan fingerprint density at radius 2 is 2.21 bits per heavy atom. The van der Waals surface area contributed by atoms with Crippen LogP contribution in [0.15, 0.2) is 12.1 Å². The maximum Gasteiger partial charge on any atom is 0.140 e. The van der Waals surface area contributed by atoms with Crippen molar-refractivity contribution >= 4 is 11.6 Å². The molecule has 2 nitrogen and oxygen atoms in total. The van der Waals surface area contributed by atoms with Crippen molar-refractivity contribution in [1.29, 1.82) is 0 Å². The van der Waals surface area contributed by atoms with Crippen LogP contribution in [0.4, 0.5) is 4.39 Å². The zero-order valence-electron chi connectivity index (χ0n) is 8.05. The molecule has 4 heteroatoms. The fourth-order valence-electron chi connectivity index (χ4n) is 1.13. The van der Waals surface area contributed by atoms with E-state index < -0.39 is 11.9 Å². The third-order valence-electron chi connectivity index (χ3n) is 1.80. The Bertz CT molecular complexity index is 326. The van der Waals surface area contributed by atoms with Gasteiger partial charge in [0.1, 0.15) is 11.6 Å². The van der Waals surface area contributed by atoms with Crippen LogP contribution in [0.5, 0.6) is 5.75 Å². The van der Waals surface area contributed by atoms with Crippen LogP contribution in [0.25, 0.3) is 0 Å². The number of halogens is 2. The number of aliphatic hydroxyl groups excluding tert-OH is 1. The van der Waals surface area contributed by atoms with E-state index in [1.54, 1.807) is 6.92 Å². The Labute approximate surface area is 87.3 Å². The van der Waals surface area contributed by atoms with E-state index in [4.69, 9.17) is 16.3 Å². The number of hydrogen-bond acceptors (Lipinski definition) is 2. The summed E-state index contributed by atoms with van der Waals surface area (Å²) in [5.41, 5.74) is 0.179.